The van der Waals surface area contributed by atoms with Crippen molar-refractivity contribution in [1.82, 2.24) is 20.2 Å². The predicted molar refractivity (Wildman–Crippen MR) is 123 cm³/mol. The van der Waals surface area contributed by atoms with Gasteiger partial charge in [-0.15, -0.1) is 11.3 Å². The van der Waals surface area contributed by atoms with Crippen LogP contribution in [0.2, 0.25) is 0 Å². The Morgan fingerprint density at radius 3 is 2.81 bits per heavy atom. The molecule has 2 aromatic heterocycles. The van der Waals surface area contributed by atoms with Crippen molar-refractivity contribution in [2.45, 2.75) is 31.8 Å². The minimum absolute atomic E-state index is 0.145. The molecule has 0 aliphatic carbocycles. The highest BCUT2D eigenvalue weighted by Gasteiger charge is 2.33. The number of piperidine rings is 1. The minimum Gasteiger partial charge on any atom is -0.497 e. The zero-order valence-corrected chi connectivity index (χ0v) is 18.6. The SMILES string of the molecule is COc1ccc(Nc2nc(C(=O)N3CCCC[C@H]3C(=O)NCc3cccnc3)cs2)cc1. The van der Waals surface area contributed by atoms with Crippen LogP contribution in [-0.2, 0) is 11.3 Å². The van der Waals surface area contributed by atoms with Gasteiger partial charge in [-0.1, -0.05) is 6.07 Å². The highest BCUT2D eigenvalue weighted by molar-refractivity contribution is 7.14. The molecule has 0 spiro atoms. The molecule has 9 heteroatoms. The molecule has 3 heterocycles. The van der Waals surface area contributed by atoms with Crippen molar-refractivity contribution in [2.24, 2.45) is 0 Å². The maximum Gasteiger partial charge on any atom is 0.274 e. The van der Waals surface area contributed by atoms with Crippen LogP contribution in [0.4, 0.5) is 10.8 Å². The Bertz CT molecular complexity index is 1060. The number of methoxy groups -OCH3 is 1. The molecule has 1 saturated heterocycles. The van der Waals surface area contributed by atoms with Crippen LogP contribution in [0.25, 0.3) is 0 Å². The molecular weight excluding hydrogens is 426 g/mol. The number of hydrogen-bond donors (Lipinski definition) is 2. The van der Waals surface area contributed by atoms with Crippen LogP contribution in [0.5, 0.6) is 5.75 Å². The first kappa shape index (κ1) is 21.8. The summed E-state index contributed by atoms with van der Waals surface area (Å²) in [6, 6.07) is 10.7. The number of aromatic nitrogens is 2. The maximum absolute atomic E-state index is 13.2. The summed E-state index contributed by atoms with van der Waals surface area (Å²) in [5.41, 5.74) is 2.12. The Morgan fingerprint density at radius 2 is 2.06 bits per heavy atom. The molecule has 0 bridgehead atoms. The van der Waals surface area contributed by atoms with Crippen molar-refractivity contribution in [1.29, 1.82) is 0 Å². The number of rotatable bonds is 7. The Hall–Kier alpha value is -3.46. The molecule has 1 aliphatic heterocycles. The molecule has 3 aromatic rings. The van der Waals surface area contributed by atoms with E-state index in [9.17, 15) is 9.59 Å². The van der Waals surface area contributed by atoms with Gasteiger partial charge >= 0.3 is 0 Å². The number of amides is 2. The molecule has 0 saturated carbocycles. The first-order valence-electron chi connectivity index (χ1n) is 10.5. The highest BCUT2D eigenvalue weighted by atomic mass is 32.1. The third-order valence-electron chi connectivity index (χ3n) is 5.32. The summed E-state index contributed by atoms with van der Waals surface area (Å²) in [7, 11) is 1.62. The summed E-state index contributed by atoms with van der Waals surface area (Å²) >= 11 is 1.36. The molecule has 4 rings (SSSR count). The van der Waals surface area contributed by atoms with Gasteiger partial charge < -0.3 is 20.3 Å². The summed E-state index contributed by atoms with van der Waals surface area (Å²) < 4.78 is 5.17. The number of carbonyl (C=O) groups excluding carboxylic acids is 2. The van der Waals surface area contributed by atoms with E-state index in [1.54, 1.807) is 29.8 Å². The second-order valence-corrected chi connectivity index (χ2v) is 8.34. The third-order valence-corrected chi connectivity index (χ3v) is 6.08. The van der Waals surface area contributed by atoms with Gasteiger partial charge in [-0.2, -0.15) is 0 Å². The van der Waals surface area contributed by atoms with Crippen molar-refractivity contribution in [3.05, 3.63) is 65.4 Å². The first-order valence-corrected chi connectivity index (χ1v) is 11.4. The molecule has 32 heavy (non-hydrogen) atoms. The number of nitrogens with zero attached hydrogens (tertiary/aromatic N) is 3. The van der Waals surface area contributed by atoms with E-state index in [0.717, 1.165) is 29.8 Å². The largest absolute Gasteiger partial charge is 0.497 e. The van der Waals surface area contributed by atoms with Gasteiger partial charge in [0.2, 0.25) is 5.91 Å². The number of hydrogen-bond acceptors (Lipinski definition) is 7. The van der Waals surface area contributed by atoms with Crippen LogP contribution in [0, 0.1) is 0 Å². The lowest BCUT2D eigenvalue weighted by atomic mass is 10.0. The summed E-state index contributed by atoms with van der Waals surface area (Å²) in [5, 5.41) is 8.49. The molecule has 166 valence electrons. The monoisotopic (exact) mass is 451 g/mol. The van der Waals surface area contributed by atoms with Crippen molar-refractivity contribution in [2.75, 3.05) is 19.0 Å². The lowest BCUT2D eigenvalue weighted by Gasteiger charge is -2.34. The topological polar surface area (TPSA) is 96.5 Å². The van der Waals surface area contributed by atoms with E-state index in [4.69, 9.17) is 4.74 Å². The first-order chi connectivity index (χ1) is 15.6. The number of anilines is 2. The number of nitrogens with one attached hydrogen (secondary N) is 2. The number of ether oxygens (including phenoxy) is 1. The van der Waals surface area contributed by atoms with Crippen molar-refractivity contribution in [3.8, 4) is 5.75 Å². The molecule has 0 unspecified atom stereocenters. The van der Waals surface area contributed by atoms with Gasteiger partial charge in [-0.25, -0.2) is 4.98 Å². The normalized spacial score (nSPS) is 15.8. The van der Waals surface area contributed by atoms with Crippen LogP contribution in [0.15, 0.2) is 54.2 Å². The van der Waals surface area contributed by atoms with Crippen LogP contribution >= 0.6 is 11.3 Å². The molecule has 1 aliphatic rings. The van der Waals surface area contributed by atoms with Gasteiger partial charge in [0.25, 0.3) is 5.91 Å². The lowest BCUT2D eigenvalue weighted by Crippen LogP contribution is -2.51. The minimum atomic E-state index is -0.493. The van der Waals surface area contributed by atoms with E-state index in [1.165, 1.54) is 11.3 Å². The Morgan fingerprint density at radius 1 is 1.22 bits per heavy atom. The molecule has 8 nitrogen and oxygen atoms in total. The quantitative estimate of drug-likeness (QED) is 0.570. The van der Waals surface area contributed by atoms with E-state index < -0.39 is 6.04 Å². The molecule has 1 aromatic carbocycles. The Balaban J connectivity index is 1.40. The smallest absolute Gasteiger partial charge is 0.274 e. The fourth-order valence-electron chi connectivity index (χ4n) is 3.63. The number of benzene rings is 1. The second kappa shape index (κ2) is 10.2. The predicted octanol–water partition coefficient (Wildman–Crippen LogP) is 3.60. The van der Waals surface area contributed by atoms with Crippen LogP contribution in [0.3, 0.4) is 0 Å². The van der Waals surface area contributed by atoms with Crippen LogP contribution in [-0.4, -0.2) is 46.4 Å². The number of thiazole rings is 1. The van der Waals surface area contributed by atoms with Gasteiger partial charge in [0.15, 0.2) is 5.13 Å². The van der Waals surface area contributed by atoms with E-state index in [1.807, 2.05) is 36.4 Å². The highest BCUT2D eigenvalue weighted by Crippen LogP contribution is 2.25. The molecule has 1 fully saturated rings. The van der Waals surface area contributed by atoms with E-state index >= 15 is 0 Å². The third kappa shape index (κ3) is 5.23. The van der Waals surface area contributed by atoms with Gasteiger partial charge in [0, 0.05) is 36.6 Å². The fourth-order valence-corrected chi connectivity index (χ4v) is 4.34. The molecule has 2 amide bonds. The van der Waals surface area contributed by atoms with Gasteiger partial charge in [-0.05, 0) is 55.2 Å². The maximum atomic E-state index is 13.2. The molecule has 0 radical (unpaired) electrons. The van der Waals surface area contributed by atoms with E-state index in [2.05, 4.69) is 20.6 Å². The van der Waals surface area contributed by atoms with Gasteiger partial charge in [-0.3, -0.25) is 14.6 Å². The van der Waals surface area contributed by atoms with Crippen LogP contribution < -0.4 is 15.4 Å². The zero-order chi connectivity index (χ0) is 22.3. The summed E-state index contributed by atoms with van der Waals surface area (Å²) in [5.74, 6) is 0.405. The average Bonchev–Trinajstić information content (AvgIpc) is 3.31. The number of pyridine rings is 1. The number of carbonyl (C=O) groups is 2. The van der Waals surface area contributed by atoms with Gasteiger partial charge in [0.1, 0.15) is 17.5 Å². The lowest BCUT2D eigenvalue weighted by molar-refractivity contribution is -0.126. The van der Waals surface area contributed by atoms with E-state index in [-0.39, 0.29) is 11.8 Å². The second-order valence-electron chi connectivity index (χ2n) is 7.48. The summed E-state index contributed by atoms with van der Waals surface area (Å²) in [6.07, 6.45) is 5.84. The van der Waals surface area contributed by atoms with Crippen molar-refractivity contribution >= 4 is 34.0 Å². The van der Waals surface area contributed by atoms with Crippen LogP contribution in [0.1, 0.15) is 35.3 Å². The Kier molecular flexibility index (Phi) is 6.96. The molecule has 2 N–H and O–H groups in total. The summed E-state index contributed by atoms with van der Waals surface area (Å²) in [6.45, 7) is 0.931. The van der Waals surface area contributed by atoms with E-state index in [0.29, 0.717) is 30.3 Å². The van der Waals surface area contributed by atoms with Crippen molar-refractivity contribution in [3.63, 3.8) is 0 Å². The molecule has 1 atom stereocenters. The van der Waals surface area contributed by atoms with Gasteiger partial charge in [0.05, 0.1) is 7.11 Å². The Labute approximate surface area is 190 Å². The van der Waals surface area contributed by atoms with Crippen molar-refractivity contribution < 1.29 is 14.3 Å². The standard InChI is InChI=1S/C23H25N5O3S/c1-31-18-9-7-17(8-10-18)26-23-27-19(15-32-23)22(30)28-12-3-2-6-20(28)21(29)25-14-16-5-4-11-24-13-16/h4-5,7-11,13,15,20H,2-3,6,12,14H2,1H3,(H,25,29)(H,26,27)/t20-/m0/s1. The average molecular weight is 452 g/mol. The summed E-state index contributed by atoms with van der Waals surface area (Å²) in [4.78, 5) is 36.2. The zero-order valence-electron chi connectivity index (χ0n) is 17.8. The number of likely N-dealkylation sites (tertiary alicyclic amines) is 1. The molecular formula is C23H25N5O3S. The fraction of sp³-hybridized carbons (Fsp3) is 0.304.